The maximum absolute atomic E-state index is 13.3. The number of ether oxygens (including phenoxy) is 2. The minimum atomic E-state index is -0.606. The second kappa shape index (κ2) is 11.0. The molecule has 6 nitrogen and oxygen atoms in total. The molecule has 0 aliphatic heterocycles. The van der Waals surface area contributed by atoms with Gasteiger partial charge in [0.15, 0.2) is 6.61 Å². The molecule has 1 unspecified atom stereocenters. The summed E-state index contributed by atoms with van der Waals surface area (Å²) in [4.78, 5) is 27.9. The third-order valence-corrected chi connectivity index (χ3v) is 5.30. The van der Waals surface area contributed by atoms with Crippen molar-refractivity contribution in [2.45, 2.75) is 66.1 Å². The number of nitrogens with one attached hydrogen (secondary N) is 1. The number of nitrogens with zero attached hydrogens (tertiary/aromatic N) is 1. The van der Waals surface area contributed by atoms with Gasteiger partial charge in [-0.05, 0) is 75.9 Å². The number of hydrogen-bond donors (Lipinski definition) is 1. The second-order valence-corrected chi connectivity index (χ2v) is 9.02. The third-order valence-electron chi connectivity index (χ3n) is 5.30. The molecule has 0 saturated carbocycles. The summed E-state index contributed by atoms with van der Waals surface area (Å²) in [5, 5.41) is 3.01. The molecule has 0 heterocycles. The minimum Gasteiger partial charge on any atom is -0.497 e. The number of rotatable bonds is 9. The molecule has 1 N–H and O–H groups in total. The Kier molecular flexibility index (Phi) is 8.70. The molecule has 0 aliphatic carbocycles. The van der Waals surface area contributed by atoms with E-state index in [-0.39, 0.29) is 18.4 Å². The number of carbonyl (C=O) groups is 2. The average molecular weight is 441 g/mol. The van der Waals surface area contributed by atoms with Crippen molar-refractivity contribution in [2.75, 3.05) is 13.7 Å². The van der Waals surface area contributed by atoms with Crippen molar-refractivity contribution in [3.05, 3.63) is 59.2 Å². The lowest BCUT2D eigenvalue weighted by Crippen LogP contribution is -2.54. The Labute approximate surface area is 191 Å². The molecule has 2 rings (SSSR count). The molecular weight excluding hydrogens is 404 g/mol. The molecule has 0 bridgehead atoms. The van der Waals surface area contributed by atoms with Crippen LogP contribution in [0.3, 0.4) is 0 Å². The smallest absolute Gasteiger partial charge is 0.261 e. The van der Waals surface area contributed by atoms with Gasteiger partial charge < -0.3 is 19.7 Å². The molecule has 0 aromatic heterocycles. The highest BCUT2D eigenvalue weighted by atomic mass is 16.5. The van der Waals surface area contributed by atoms with E-state index in [0.717, 1.165) is 22.4 Å². The van der Waals surface area contributed by atoms with E-state index >= 15 is 0 Å². The van der Waals surface area contributed by atoms with Crippen LogP contribution in [0.4, 0.5) is 0 Å². The lowest BCUT2D eigenvalue weighted by Gasteiger charge is -2.33. The molecule has 1 atom stereocenters. The van der Waals surface area contributed by atoms with E-state index in [2.05, 4.69) is 5.32 Å². The summed E-state index contributed by atoms with van der Waals surface area (Å²) in [7, 11) is 1.61. The lowest BCUT2D eigenvalue weighted by molar-refractivity contribution is -0.143. The molecule has 0 radical (unpaired) electrons. The van der Waals surface area contributed by atoms with Crippen molar-refractivity contribution < 1.29 is 19.1 Å². The van der Waals surface area contributed by atoms with Crippen LogP contribution in [0.2, 0.25) is 0 Å². The van der Waals surface area contributed by atoms with Crippen molar-refractivity contribution in [1.29, 1.82) is 0 Å². The van der Waals surface area contributed by atoms with Gasteiger partial charge in [-0.2, -0.15) is 0 Å². The summed E-state index contributed by atoms with van der Waals surface area (Å²) < 4.78 is 11.1. The number of amides is 2. The van der Waals surface area contributed by atoms with Gasteiger partial charge in [0.2, 0.25) is 5.91 Å². The van der Waals surface area contributed by atoms with E-state index in [1.54, 1.807) is 12.0 Å². The summed E-state index contributed by atoms with van der Waals surface area (Å²) in [6, 6.07) is 12.7. The molecule has 0 spiro atoms. The van der Waals surface area contributed by atoms with Crippen molar-refractivity contribution >= 4 is 11.8 Å². The maximum Gasteiger partial charge on any atom is 0.261 e. The van der Waals surface area contributed by atoms with Crippen molar-refractivity contribution in [3.8, 4) is 11.5 Å². The SMILES string of the molecule is CCC(C(=O)NC(C)(C)C)N(Cc1ccc(OC)cc1)C(=O)COc1cccc(C)c1C. The summed E-state index contributed by atoms with van der Waals surface area (Å²) >= 11 is 0. The molecule has 0 saturated heterocycles. The summed E-state index contributed by atoms with van der Waals surface area (Å²) in [6.07, 6.45) is 0.493. The fourth-order valence-corrected chi connectivity index (χ4v) is 3.40. The van der Waals surface area contributed by atoms with Crippen LogP contribution in [0, 0.1) is 13.8 Å². The lowest BCUT2D eigenvalue weighted by atomic mass is 10.1. The monoisotopic (exact) mass is 440 g/mol. The molecule has 0 aliphatic rings. The van der Waals surface area contributed by atoms with Crippen LogP contribution < -0.4 is 14.8 Å². The summed E-state index contributed by atoms with van der Waals surface area (Å²) in [5.74, 6) is 1.00. The molecule has 6 heteroatoms. The van der Waals surface area contributed by atoms with Crippen molar-refractivity contribution in [3.63, 3.8) is 0 Å². The van der Waals surface area contributed by atoms with Gasteiger partial charge in [-0.3, -0.25) is 9.59 Å². The highest BCUT2D eigenvalue weighted by molar-refractivity contribution is 5.88. The Morgan fingerprint density at radius 2 is 1.72 bits per heavy atom. The van der Waals surface area contributed by atoms with Crippen LogP contribution in [0.25, 0.3) is 0 Å². The topological polar surface area (TPSA) is 67.9 Å². The Hall–Kier alpha value is -3.02. The van der Waals surface area contributed by atoms with E-state index in [0.29, 0.717) is 18.7 Å². The quantitative estimate of drug-likeness (QED) is 0.627. The van der Waals surface area contributed by atoms with Crippen LogP contribution in [0.15, 0.2) is 42.5 Å². The normalized spacial score (nSPS) is 12.1. The van der Waals surface area contributed by atoms with E-state index in [1.165, 1.54) is 0 Å². The van der Waals surface area contributed by atoms with Crippen LogP contribution in [-0.2, 0) is 16.1 Å². The highest BCUT2D eigenvalue weighted by Gasteiger charge is 2.31. The average Bonchev–Trinajstić information content (AvgIpc) is 2.73. The number of aryl methyl sites for hydroxylation is 1. The maximum atomic E-state index is 13.3. The second-order valence-electron chi connectivity index (χ2n) is 9.02. The number of carbonyl (C=O) groups excluding carboxylic acids is 2. The molecular formula is C26H36N2O4. The molecule has 2 amide bonds. The van der Waals surface area contributed by atoms with Crippen LogP contribution in [0.1, 0.15) is 50.8 Å². The van der Waals surface area contributed by atoms with E-state index in [1.807, 2.05) is 84.0 Å². The molecule has 174 valence electrons. The van der Waals surface area contributed by atoms with Gasteiger partial charge >= 0.3 is 0 Å². The predicted molar refractivity (Wildman–Crippen MR) is 127 cm³/mol. The summed E-state index contributed by atoms with van der Waals surface area (Å²) in [5.41, 5.74) is 2.61. The molecule has 2 aromatic carbocycles. The van der Waals surface area contributed by atoms with Crippen molar-refractivity contribution in [1.82, 2.24) is 10.2 Å². The molecule has 0 fully saturated rings. The van der Waals surface area contributed by atoms with Crippen LogP contribution in [-0.4, -0.2) is 42.0 Å². The first-order valence-corrected chi connectivity index (χ1v) is 11.0. The van der Waals surface area contributed by atoms with Crippen LogP contribution >= 0.6 is 0 Å². The van der Waals surface area contributed by atoms with E-state index in [4.69, 9.17) is 9.47 Å². The van der Waals surface area contributed by atoms with Gasteiger partial charge in [-0.25, -0.2) is 0 Å². The Morgan fingerprint density at radius 1 is 1.06 bits per heavy atom. The number of methoxy groups -OCH3 is 1. The minimum absolute atomic E-state index is 0.139. The van der Waals surface area contributed by atoms with E-state index < -0.39 is 11.6 Å². The van der Waals surface area contributed by atoms with Gasteiger partial charge in [-0.15, -0.1) is 0 Å². The third kappa shape index (κ3) is 7.01. The largest absolute Gasteiger partial charge is 0.497 e. The highest BCUT2D eigenvalue weighted by Crippen LogP contribution is 2.21. The Morgan fingerprint density at radius 3 is 2.28 bits per heavy atom. The van der Waals surface area contributed by atoms with Gasteiger partial charge in [0.25, 0.3) is 5.91 Å². The van der Waals surface area contributed by atoms with E-state index in [9.17, 15) is 9.59 Å². The van der Waals surface area contributed by atoms with Gasteiger partial charge in [0.1, 0.15) is 17.5 Å². The molecule has 2 aromatic rings. The zero-order valence-electron chi connectivity index (χ0n) is 20.3. The first-order valence-electron chi connectivity index (χ1n) is 11.0. The standard InChI is InChI=1S/C26H36N2O4/c1-8-22(25(30)27-26(4,5)6)28(16-20-12-14-21(31-7)15-13-20)24(29)17-32-23-11-9-10-18(2)19(23)3/h9-15,22H,8,16-17H2,1-7H3,(H,27,30). The van der Waals surface area contributed by atoms with Gasteiger partial charge in [-0.1, -0.05) is 31.2 Å². The predicted octanol–water partition coefficient (Wildman–Crippen LogP) is 4.41. The number of hydrogen-bond acceptors (Lipinski definition) is 4. The Bertz CT molecular complexity index is 916. The fraction of sp³-hybridized carbons (Fsp3) is 0.462. The van der Waals surface area contributed by atoms with Gasteiger partial charge in [0, 0.05) is 12.1 Å². The van der Waals surface area contributed by atoms with Crippen LogP contribution in [0.5, 0.6) is 11.5 Å². The van der Waals surface area contributed by atoms with Crippen molar-refractivity contribution in [2.24, 2.45) is 0 Å². The Balaban J connectivity index is 2.26. The van der Waals surface area contributed by atoms with Gasteiger partial charge in [0.05, 0.1) is 7.11 Å². The first-order chi connectivity index (χ1) is 15.1. The fourth-order valence-electron chi connectivity index (χ4n) is 3.40. The first kappa shape index (κ1) is 25.2. The molecule has 32 heavy (non-hydrogen) atoms. The number of benzene rings is 2. The zero-order valence-corrected chi connectivity index (χ0v) is 20.3. The zero-order chi connectivity index (χ0) is 23.9. The summed E-state index contributed by atoms with van der Waals surface area (Å²) in [6.45, 7) is 11.8.